The van der Waals surface area contributed by atoms with Crippen LogP contribution >= 0.6 is 0 Å². The predicted molar refractivity (Wildman–Crippen MR) is 49.5 cm³/mol. The van der Waals surface area contributed by atoms with E-state index in [1.807, 2.05) is 0 Å². The Bertz CT molecular complexity index is 406. The van der Waals surface area contributed by atoms with E-state index in [1.54, 1.807) is 0 Å². The van der Waals surface area contributed by atoms with Crippen molar-refractivity contribution in [1.82, 2.24) is 0 Å². The van der Waals surface area contributed by atoms with Crippen molar-refractivity contribution in [3.05, 3.63) is 35.4 Å². The lowest BCUT2D eigenvalue weighted by Crippen LogP contribution is -2.12. The van der Waals surface area contributed by atoms with E-state index >= 15 is 0 Å². The molecule has 0 aromatic heterocycles. The van der Waals surface area contributed by atoms with Crippen molar-refractivity contribution in [3.63, 3.8) is 0 Å². The Balaban J connectivity index is 2.21. The molecule has 1 N–H and O–H groups in total. The molecule has 80 valence electrons. The maximum Gasteiger partial charge on any atom is 0.159 e. The Hall–Kier alpha value is -1.49. The highest BCUT2D eigenvalue weighted by Gasteiger charge is 2.21. The van der Waals surface area contributed by atoms with Gasteiger partial charge in [0.1, 0.15) is 0 Å². The van der Waals surface area contributed by atoms with E-state index in [2.05, 4.69) is 5.16 Å². The molecule has 1 atom stereocenters. The monoisotopic (exact) mass is 213 g/mol. The topological polar surface area (TPSA) is 41.8 Å². The van der Waals surface area contributed by atoms with Crippen molar-refractivity contribution < 1.29 is 18.7 Å². The highest BCUT2D eigenvalue weighted by atomic mass is 19.2. The molecule has 2 rings (SSSR count). The summed E-state index contributed by atoms with van der Waals surface area (Å²) in [6.07, 6.45) is 0.0230. The van der Waals surface area contributed by atoms with Crippen LogP contribution in [-0.2, 0) is 4.84 Å². The summed E-state index contributed by atoms with van der Waals surface area (Å²) < 4.78 is 25.5. The molecule has 3 nitrogen and oxygen atoms in total. The van der Waals surface area contributed by atoms with Crippen molar-refractivity contribution in [3.8, 4) is 0 Å². The molecule has 1 aromatic rings. The summed E-state index contributed by atoms with van der Waals surface area (Å²) in [5, 5.41) is 12.5. The predicted octanol–water partition coefficient (Wildman–Crippen LogP) is 1.45. The van der Waals surface area contributed by atoms with Gasteiger partial charge in [0.25, 0.3) is 0 Å². The van der Waals surface area contributed by atoms with Crippen molar-refractivity contribution in [2.75, 3.05) is 6.61 Å². The Morgan fingerprint density at radius 1 is 1.40 bits per heavy atom. The van der Waals surface area contributed by atoms with Gasteiger partial charge in [-0.25, -0.2) is 8.78 Å². The first-order valence-corrected chi connectivity index (χ1v) is 4.49. The molecule has 0 fully saturated rings. The van der Waals surface area contributed by atoms with E-state index in [4.69, 9.17) is 9.94 Å². The van der Waals surface area contributed by atoms with Crippen molar-refractivity contribution in [2.45, 2.75) is 12.5 Å². The molecule has 0 aliphatic carbocycles. The Labute approximate surface area is 85.0 Å². The number of hydrogen-bond acceptors (Lipinski definition) is 3. The second-order valence-electron chi connectivity index (χ2n) is 3.28. The van der Waals surface area contributed by atoms with Crippen LogP contribution in [-0.4, -0.2) is 23.5 Å². The van der Waals surface area contributed by atoms with E-state index in [0.717, 1.165) is 12.1 Å². The van der Waals surface area contributed by atoms with Crippen LogP contribution in [0.15, 0.2) is 23.4 Å². The molecule has 0 saturated carbocycles. The minimum atomic E-state index is -0.914. The first-order chi connectivity index (χ1) is 7.20. The largest absolute Gasteiger partial charge is 0.392 e. The van der Waals surface area contributed by atoms with E-state index in [1.165, 1.54) is 6.07 Å². The van der Waals surface area contributed by atoms with Crippen molar-refractivity contribution in [2.24, 2.45) is 5.16 Å². The molecule has 5 heteroatoms. The molecule has 0 spiro atoms. The second kappa shape index (κ2) is 3.94. The second-order valence-corrected chi connectivity index (χ2v) is 3.28. The summed E-state index contributed by atoms with van der Waals surface area (Å²) in [7, 11) is 0. The zero-order valence-corrected chi connectivity index (χ0v) is 7.78. The van der Waals surface area contributed by atoms with Crippen LogP contribution in [0, 0.1) is 11.6 Å². The number of aliphatic hydroxyl groups excluding tert-OH is 1. The third kappa shape index (κ3) is 1.97. The number of hydrogen-bond donors (Lipinski definition) is 1. The lowest BCUT2D eigenvalue weighted by molar-refractivity contribution is 0.0390. The molecule has 1 aliphatic heterocycles. The van der Waals surface area contributed by atoms with Crippen LogP contribution in [0.1, 0.15) is 12.0 Å². The molecule has 0 radical (unpaired) electrons. The molecular formula is C10H9F2NO2. The fraction of sp³-hybridized carbons (Fsp3) is 0.300. The molecule has 1 aromatic carbocycles. The summed E-state index contributed by atoms with van der Waals surface area (Å²) in [6.45, 7) is -0.142. The number of benzene rings is 1. The molecule has 1 aliphatic rings. The van der Waals surface area contributed by atoms with Crippen LogP contribution in [0.3, 0.4) is 0 Å². The maximum absolute atomic E-state index is 12.9. The highest BCUT2D eigenvalue weighted by Crippen LogP contribution is 2.18. The van der Waals surface area contributed by atoms with Gasteiger partial charge >= 0.3 is 0 Å². The van der Waals surface area contributed by atoms with Gasteiger partial charge in [0.15, 0.2) is 17.7 Å². The van der Waals surface area contributed by atoms with Crippen molar-refractivity contribution in [1.29, 1.82) is 0 Å². The molecule has 0 unspecified atom stereocenters. The maximum atomic E-state index is 12.9. The lowest BCUT2D eigenvalue weighted by Gasteiger charge is -2.02. The lowest BCUT2D eigenvalue weighted by atomic mass is 10.1. The van der Waals surface area contributed by atoms with Crippen LogP contribution in [0.5, 0.6) is 0 Å². The molecule has 0 saturated heterocycles. The summed E-state index contributed by atoms with van der Waals surface area (Å²) in [5.41, 5.74) is 0.998. The number of rotatable bonds is 2. The van der Waals surface area contributed by atoms with Gasteiger partial charge in [0.05, 0.1) is 12.3 Å². The van der Waals surface area contributed by atoms with Gasteiger partial charge in [-0.05, 0) is 18.2 Å². The van der Waals surface area contributed by atoms with Crippen LogP contribution < -0.4 is 0 Å². The third-order valence-corrected chi connectivity index (χ3v) is 2.19. The molecular weight excluding hydrogens is 204 g/mol. The SMILES string of the molecule is OC[C@H]1CC(c2ccc(F)c(F)c2)=NO1. The Morgan fingerprint density at radius 3 is 2.80 bits per heavy atom. The van der Waals surface area contributed by atoms with E-state index in [9.17, 15) is 8.78 Å². The van der Waals surface area contributed by atoms with Gasteiger partial charge in [-0.2, -0.15) is 0 Å². The molecule has 1 heterocycles. The molecule has 15 heavy (non-hydrogen) atoms. The smallest absolute Gasteiger partial charge is 0.159 e. The van der Waals surface area contributed by atoms with Crippen LogP contribution in [0.2, 0.25) is 0 Å². The van der Waals surface area contributed by atoms with Gasteiger partial charge in [0.2, 0.25) is 0 Å². The first-order valence-electron chi connectivity index (χ1n) is 4.49. The number of aliphatic hydroxyl groups is 1. The van der Waals surface area contributed by atoms with E-state index in [-0.39, 0.29) is 12.7 Å². The summed E-state index contributed by atoms with van der Waals surface area (Å²) >= 11 is 0. The molecule has 0 bridgehead atoms. The van der Waals surface area contributed by atoms with Gasteiger partial charge in [0, 0.05) is 12.0 Å². The fourth-order valence-electron chi connectivity index (χ4n) is 1.37. The standard InChI is InChI=1S/C10H9F2NO2/c11-8-2-1-6(3-9(8)12)10-4-7(5-14)15-13-10/h1-3,7,14H,4-5H2/t7-/m1/s1. The zero-order valence-electron chi connectivity index (χ0n) is 7.78. The average Bonchev–Trinajstić information content (AvgIpc) is 2.70. The minimum Gasteiger partial charge on any atom is -0.392 e. The summed E-state index contributed by atoms with van der Waals surface area (Å²) in [4.78, 5) is 4.86. The van der Waals surface area contributed by atoms with Gasteiger partial charge in [-0.15, -0.1) is 0 Å². The third-order valence-electron chi connectivity index (χ3n) is 2.19. The molecule has 0 amide bonds. The van der Waals surface area contributed by atoms with E-state index in [0.29, 0.717) is 17.7 Å². The quantitative estimate of drug-likeness (QED) is 0.807. The van der Waals surface area contributed by atoms with Crippen LogP contribution in [0.25, 0.3) is 0 Å². The minimum absolute atomic E-state index is 0.142. The zero-order chi connectivity index (χ0) is 10.8. The average molecular weight is 213 g/mol. The van der Waals surface area contributed by atoms with Crippen LogP contribution in [0.4, 0.5) is 8.78 Å². The number of oxime groups is 1. The van der Waals surface area contributed by atoms with Gasteiger partial charge in [-0.3, -0.25) is 0 Å². The Morgan fingerprint density at radius 2 is 2.20 bits per heavy atom. The van der Waals surface area contributed by atoms with Gasteiger partial charge < -0.3 is 9.94 Å². The Kier molecular flexibility index (Phi) is 2.64. The van der Waals surface area contributed by atoms with E-state index < -0.39 is 11.6 Å². The fourth-order valence-corrected chi connectivity index (χ4v) is 1.37. The summed E-state index contributed by atoms with van der Waals surface area (Å²) in [6, 6.07) is 3.54. The van der Waals surface area contributed by atoms with Crippen molar-refractivity contribution >= 4 is 5.71 Å². The normalized spacial score (nSPS) is 19.9. The summed E-state index contributed by atoms with van der Waals surface area (Å²) in [5.74, 6) is -1.81. The first kappa shape index (κ1) is 10.0. The highest BCUT2D eigenvalue weighted by molar-refractivity contribution is 6.01. The van der Waals surface area contributed by atoms with Gasteiger partial charge in [-0.1, -0.05) is 5.16 Å². The number of nitrogens with zero attached hydrogens (tertiary/aromatic N) is 1. The number of halogens is 2.